The number of para-hydroxylation sites is 1. The minimum absolute atomic E-state index is 0.155. The van der Waals surface area contributed by atoms with E-state index in [1.807, 2.05) is 5.32 Å². The predicted octanol–water partition coefficient (Wildman–Crippen LogP) is 2.25. The summed E-state index contributed by atoms with van der Waals surface area (Å²) in [5, 5.41) is 4.55. The normalized spacial score (nSPS) is 14.2. The van der Waals surface area contributed by atoms with Gasteiger partial charge in [-0.1, -0.05) is 24.1 Å². The Kier molecular flexibility index (Phi) is 14.1. The SMILES string of the molecule is CC#CC(CC(COP(=O)(NCC(=O)OC(C)C)Oc1ccccc1)OC)N(C)/C=C\C(=O)NC=O. The maximum absolute atomic E-state index is 13.4. The highest BCUT2D eigenvalue weighted by molar-refractivity contribution is 7.52. The third kappa shape index (κ3) is 12.5. The molecule has 0 saturated heterocycles. The fraction of sp³-hybridized carbons (Fsp3) is 0.458. The van der Waals surface area contributed by atoms with Crippen molar-refractivity contribution in [2.24, 2.45) is 0 Å². The number of rotatable bonds is 16. The lowest BCUT2D eigenvalue weighted by molar-refractivity contribution is -0.146. The van der Waals surface area contributed by atoms with Crippen molar-refractivity contribution < 1.29 is 37.5 Å². The molecule has 12 heteroatoms. The van der Waals surface area contributed by atoms with Crippen molar-refractivity contribution in [3.63, 3.8) is 0 Å². The van der Waals surface area contributed by atoms with E-state index in [1.165, 1.54) is 19.4 Å². The first-order chi connectivity index (χ1) is 17.1. The van der Waals surface area contributed by atoms with Crippen LogP contribution >= 0.6 is 7.75 Å². The van der Waals surface area contributed by atoms with Crippen molar-refractivity contribution in [3.8, 4) is 17.6 Å². The van der Waals surface area contributed by atoms with E-state index in [9.17, 15) is 18.9 Å². The molecule has 36 heavy (non-hydrogen) atoms. The Balaban J connectivity index is 2.92. The molecule has 3 atom stereocenters. The highest BCUT2D eigenvalue weighted by atomic mass is 31.2. The van der Waals surface area contributed by atoms with Gasteiger partial charge in [-0.05, 0) is 32.9 Å². The summed E-state index contributed by atoms with van der Waals surface area (Å²) in [5.74, 6) is 4.93. The van der Waals surface area contributed by atoms with Gasteiger partial charge in [0.15, 0.2) is 0 Å². The summed E-state index contributed by atoms with van der Waals surface area (Å²) in [4.78, 5) is 35.5. The van der Waals surface area contributed by atoms with E-state index in [0.717, 1.165) is 0 Å². The smallest absolute Gasteiger partial charge is 0.459 e. The van der Waals surface area contributed by atoms with E-state index in [4.69, 9.17) is 18.5 Å². The molecule has 0 aromatic heterocycles. The van der Waals surface area contributed by atoms with E-state index < -0.39 is 31.8 Å². The largest absolute Gasteiger partial charge is 0.462 e. The zero-order valence-electron chi connectivity index (χ0n) is 21.1. The lowest BCUT2D eigenvalue weighted by Gasteiger charge is -2.27. The maximum atomic E-state index is 13.4. The molecule has 2 N–H and O–H groups in total. The molecule has 1 aromatic rings. The van der Waals surface area contributed by atoms with E-state index in [-0.39, 0.29) is 25.0 Å². The molecule has 0 aliphatic heterocycles. The van der Waals surface area contributed by atoms with Crippen LogP contribution in [0.3, 0.4) is 0 Å². The number of amides is 2. The van der Waals surface area contributed by atoms with Gasteiger partial charge in [-0.2, -0.15) is 0 Å². The first-order valence-electron chi connectivity index (χ1n) is 11.2. The molecule has 0 saturated carbocycles. The Hall–Kier alpha value is -3.16. The molecule has 0 spiro atoms. The van der Waals surface area contributed by atoms with Crippen molar-refractivity contribution in [1.29, 1.82) is 0 Å². The number of esters is 1. The van der Waals surface area contributed by atoms with Crippen LogP contribution in [-0.4, -0.2) is 68.7 Å². The number of carbonyl (C=O) groups excluding carboxylic acids is 3. The molecule has 0 heterocycles. The lowest BCUT2D eigenvalue weighted by atomic mass is 10.1. The molecule has 0 aliphatic rings. The number of methoxy groups -OCH3 is 1. The van der Waals surface area contributed by atoms with Crippen molar-refractivity contribution >= 4 is 26.0 Å². The number of hydrogen-bond acceptors (Lipinski definition) is 9. The molecule has 0 bridgehead atoms. The van der Waals surface area contributed by atoms with Crippen LogP contribution in [0, 0.1) is 11.8 Å². The summed E-state index contributed by atoms with van der Waals surface area (Å²) in [6.45, 7) is 4.53. The molecule has 2 amide bonds. The zero-order chi connectivity index (χ0) is 27.0. The van der Waals surface area contributed by atoms with Crippen molar-refractivity contribution in [2.75, 3.05) is 27.3 Å². The zero-order valence-corrected chi connectivity index (χ0v) is 22.0. The molecule has 3 unspecified atom stereocenters. The highest BCUT2D eigenvalue weighted by Crippen LogP contribution is 2.44. The number of nitrogens with one attached hydrogen (secondary N) is 2. The molecule has 0 aliphatic carbocycles. The summed E-state index contributed by atoms with van der Waals surface area (Å²) < 4.78 is 35.2. The van der Waals surface area contributed by atoms with Gasteiger partial charge in [0.1, 0.15) is 12.3 Å². The first-order valence-corrected chi connectivity index (χ1v) is 12.7. The van der Waals surface area contributed by atoms with Crippen LogP contribution in [0.25, 0.3) is 0 Å². The summed E-state index contributed by atoms with van der Waals surface area (Å²) in [6, 6.07) is 8.00. The van der Waals surface area contributed by atoms with Gasteiger partial charge >= 0.3 is 13.7 Å². The van der Waals surface area contributed by atoms with Crippen LogP contribution in [-0.2, 0) is 32.9 Å². The van der Waals surface area contributed by atoms with Gasteiger partial charge in [0.25, 0.3) is 5.91 Å². The molecular weight excluding hydrogens is 489 g/mol. The number of imide groups is 1. The minimum atomic E-state index is -4.00. The van der Waals surface area contributed by atoms with Gasteiger partial charge < -0.3 is 18.9 Å². The van der Waals surface area contributed by atoms with Gasteiger partial charge in [0.05, 0.1) is 24.9 Å². The molecule has 0 fully saturated rings. The maximum Gasteiger partial charge on any atom is 0.459 e. The third-order valence-corrected chi connectivity index (χ3v) is 5.95. The second-order valence-corrected chi connectivity index (χ2v) is 9.43. The van der Waals surface area contributed by atoms with Crippen LogP contribution in [0.4, 0.5) is 0 Å². The fourth-order valence-corrected chi connectivity index (χ4v) is 4.03. The Morgan fingerprint density at radius 3 is 2.50 bits per heavy atom. The van der Waals surface area contributed by atoms with Crippen LogP contribution in [0.15, 0.2) is 42.6 Å². The number of carbonyl (C=O) groups is 3. The van der Waals surface area contributed by atoms with Gasteiger partial charge in [0, 0.05) is 32.9 Å². The van der Waals surface area contributed by atoms with Gasteiger partial charge in [-0.15, -0.1) is 5.92 Å². The first kappa shape index (κ1) is 30.9. The topological polar surface area (TPSA) is 132 Å². The second kappa shape index (κ2) is 16.5. The third-order valence-electron chi connectivity index (χ3n) is 4.47. The molecule has 0 radical (unpaired) electrons. The Labute approximate surface area is 212 Å². The Morgan fingerprint density at radius 2 is 1.92 bits per heavy atom. The van der Waals surface area contributed by atoms with Crippen LogP contribution in [0.1, 0.15) is 27.2 Å². The summed E-state index contributed by atoms with van der Waals surface area (Å²) in [6.07, 6.45) is 2.37. The molecule has 198 valence electrons. The van der Waals surface area contributed by atoms with E-state index in [1.54, 1.807) is 63.1 Å². The van der Waals surface area contributed by atoms with Gasteiger partial charge in [-0.25, -0.2) is 9.65 Å². The van der Waals surface area contributed by atoms with Crippen molar-refractivity contribution in [1.82, 2.24) is 15.3 Å². The fourth-order valence-electron chi connectivity index (χ4n) is 2.74. The molecular formula is C24H34N3O8P. The van der Waals surface area contributed by atoms with Crippen LogP contribution in [0.2, 0.25) is 0 Å². The van der Waals surface area contributed by atoms with Crippen LogP contribution in [0.5, 0.6) is 5.75 Å². The number of hydrogen-bond donors (Lipinski definition) is 2. The predicted molar refractivity (Wildman–Crippen MR) is 134 cm³/mol. The average Bonchev–Trinajstić information content (AvgIpc) is 2.83. The van der Waals surface area contributed by atoms with Crippen molar-refractivity contribution in [3.05, 3.63) is 42.6 Å². The average molecular weight is 524 g/mol. The lowest BCUT2D eigenvalue weighted by Crippen LogP contribution is -2.34. The van der Waals surface area contributed by atoms with Crippen LogP contribution < -0.4 is 14.9 Å². The quantitative estimate of drug-likeness (QED) is 0.109. The molecule has 1 rings (SSSR count). The number of benzene rings is 1. The minimum Gasteiger partial charge on any atom is -0.462 e. The Bertz CT molecular complexity index is 975. The summed E-state index contributed by atoms with van der Waals surface area (Å²) in [5.41, 5.74) is 0. The van der Waals surface area contributed by atoms with E-state index >= 15 is 0 Å². The Morgan fingerprint density at radius 1 is 1.22 bits per heavy atom. The highest BCUT2D eigenvalue weighted by Gasteiger charge is 2.30. The molecule has 11 nitrogen and oxygen atoms in total. The monoisotopic (exact) mass is 523 g/mol. The van der Waals surface area contributed by atoms with E-state index in [2.05, 4.69) is 16.9 Å². The second-order valence-electron chi connectivity index (χ2n) is 7.68. The van der Waals surface area contributed by atoms with Crippen molar-refractivity contribution in [2.45, 2.75) is 45.4 Å². The van der Waals surface area contributed by atoms with Gasteiger partial charge in [-0.3, -0.25) is 24.2 Å². The standard InChI is InChI=1S/C24H34N3O8P/c1-6-10-20(27(4)14-13-23(29)25-18-28)15-22(32-5)17-33-36(31,26-16-24(30)34-19(2)3)35-21-11-8-7-9-12-21/h7-9,11-14,18-20,22H,15-17H2,1-5H3,(H,26,31)(H,25,28,29)/b14-13-. The van der Waals surface area contributed by atoms with E-state index in [0.29, 0.717) is 12.8 Å². The molecule has 1 aromatic carbocycles. The number of ether oxygens (including phenoxy) is 2. The number of nitrogens with zero attached hydrogens (tertiary/aromatic N) is 1. The summed E-state index contributed by atoms with van der Waals surface area (Å²) in [7, 11) is -0.829. The summed E-state index contributed by atoms with van der Waals surface area (Å²) >= 11 is 0. The van der Waals surface area contributed by atoms with Gasteiger partial charge in [0.2, 0.25) is 6.41 Å².